The summed E-state index contributed by atoms with van der Waals surface area (Å²) in [6.07, 6.45) is -4.36. The molecule has 0 aliphatic heterocycles. The number of aryl methyl sites for hydroxylation is 2. The van der Waals surface area contributed by atoms with Crippen LogP contribution in [-0.2, 0) is 6.18 Å². The number of thiazole rings is 1. The number of hydrogen-bond donors (Lipinski definition) is 0. The maximum absolute atomic E-state index is 12.8. The van der Waals surface area contributed by atoms with Crippen molar-refractivity contribution in [3.63, 3.8) is 0 Å². The van der Waals surface area contributed by atoms with E-state index >= 15 is 0 Å². The van der Waals surface area contributed by atoms with Gasteiger partial charge in [-0.15, -0.1) is 11.3 Å². The van der Waals surface area contributed by atoms with Crippen LogP contribution in [0.1, 0.15) is 17.0 Å². The van der Waals surface area contributed by atoms with Crippen LogP contribution in [0.2, 0.25) is 0 Å². The minimum absolute atomic E-state index is 0.443. The molecule has 0 N–H and O–H groups in total. The zero-order chi connectivity index (χ0) is 15.9. The summed E-state index contributed by atoms with van der Waals surface area (Å²) in [5.74, 6) is 0. The first kappa shape index (κ1) is 14.8. The SMILES string of the molecule is Cc1cc(C)n(-c2nc(-c3cccc(C(F)(F)F)c3)cs2)n1. The molecule has 0 bridgehead atoms. The van der Waals surface area contributed by atoms with Crippen LogP contribution in [0.5, 0.6) is 0 Å². The van der Waals surface area contributed by atoms with E-state index in [9.17, 15) is 13.2 Å². The van der Waals surface area contributed by atoms with Crippen molar-refractivity contribution in [3.05, 3.63) is 52.7 Å². The Morgan fingerprint density at radius 3 is 2.55 bits per heavy atom. The van der Waals surface area contributed by atoms with Crippen molar-refractivity contribution < 1.29 is 13.2 Å². The zero-order valence-electron chi connectivity index (χ0n) is 11.8. The summed E-state index contributed by atoms with van der Waals surface area (Å²) >= 11 is 1.35. The van der Waals surface area contributed by atoms with Gasteiger partial charge in [0.2, 0.25) is 5.13 Å². The fourth-order valence-corrected chi connectivity index (χ4v) is 3.01. The Morgan fingerprint density at radius 1 is 1.14 bits per heavy atom. The molecule has 114 valence electrons. The molecular weight excluding hydrogens is 311 g/mol. The van der Waals surface area contributed by atoms with Crippen molar-refractivity contribution in [2.75, 3.05) is 0 Å². The smallest absolute Gasteiger partial charge is 0.218 e. The maximum Gasteiger partial charge on any atom is 0.416 e. The number of halogens is 3. The minimum Gasteiger partial charge on any atom is -0.218 e. The first-order valence-corrected chi connectivity index (χ1v) is 7.39. The molecule has 2 heterocycles. The topological polar surface area (TPSA) is 30.7 Å². The van der Waals surface area contributed by atoms with Crippen LogP contribution in [-0.4, -0.2) is 14.8 Å². The third-order valence-corrected chi connectivity index (χ3v) is 3.98. The second-order valence-corrected chi connectivity index (χ2v) is 5.77. The van der Waals surface area contributed by atoms with E-state index in [1.807, 2.05) is 19.9 Å². The first-order chi connectivity index (χ1) is 10.3. The Kier molecular flexibility index (Phi) is 3.52. The molecule has 0 spiro atoms. The molecule has 22 heavy (non-hydrogen) atoms. The van der Waals surface area contributed by atoms with Crippen molar-refractivity contribution >= 4 is 11.3 Å². The normalized spacial score (nSPS) is 11.9. The van der Waals surface area contributed by atoms with Gasteiger partial charge in [0, 0.05) is 16.6 Å². The number of nitrogens with zero attached hydrogens (tertiary/aromatic N) is 3. The summed E-state index contributed by atoms with van der Waals surface area (Å²) in [6, 6.07) is 7.10. The highest BCUT2D eigenvalue weighted by atomic mass is 32.1. The standard InChI is InChI=1S/C15H12F3N3S/c1-9-6-10(2)21(20-9)14-19-13(8-22-14)11-4-3-5-12(7-11)15(16,17)18/h3-8H,1-2H3. The van der Waals surface area contributed by atoms with E-state index in [0.29, 0.717) is 16.4 Å². The maximum atomic E-state index is 12.8. The van der Waals surface area contributed by atoms with Crippen LogP contribution in [0.25, 0.3) is 16.4 Å². The van der Waals surface area contributed by atoms with Crippen LogP contribution < -0.4 is 0 Å². The minimum atomic E-state index is -4.36. The summed E-state index contributed by atoms with van der Waals surface area (Å²) < 4.78 is 40.0. The molecule has 0 amide bonds. The van der Waals surface area contributed by atoms with E-state index in [1.54, 1.807) is 16.1 Å². The van der Waals surface area contributed by atoms with Gasteiger partial charge in [-0.3, -0.25) is 0 Å². The second kappa shape index (κ2) is 5.24. The fraction of sp³-hybridized carbons (Fsp3) is 0.200. The molecule has 7 heteroatoms. The first-order valence-electron chi connectivity index (χ1n) is 6.51. The molecule has 0 unspecified atom stereocenters. The van der Waals surface area contributed by atoms with Gasteiger partial charge in [0.1, 0.15) is 0 Å². The predicted molar refractivity (Wildman–Crippen MR) is 79.1 cm³/mol. The van der Waals surface area contributed by atoms with Crippen molar-refractivity contribution in [1.29, 1.82) is 0 Å². The Morgan fingerprint density at radius 2 is 1.91 bits per heavy atom. The average molecular weight is 323 g/mol. The van der Waals surface area contributed by atoms with Gasteiger partial charge in [-0.1, -0.05) is 12.1 Å². The van der Waals surface area contributed by atoms with E-state index in [-0.39, 0.29) is 0 Å². The number of alkyl halides is 3. The van der Waals surface area contributed by atoms with E-state index in [4.69, 9.17) is 0 Å². The Bertz CT molecular complexity index is 818. The monoisotopic (exact) mass is 323 g/mol. The lowest BCUT2D eigenvalue weighted by molar-refractivity contribution is -0.137. The van der Waals surface area contributed by atoms with Crippen molar-refractivity contribution in [2.45, 2.75) is 20.0 Å². The van der Waals surface area contributed by atoms with Gasteiger partial charge in [-0.2, -0.15) is 18.3 Å². The lowest BCUT2D eigenvalue weighted by atomic mass is 10.1. The Labute approximate surface area is 129 Å². The lowest BCUT2D eigenvalue weighted by Crippen LogP contribution is -2.04. The van der Waals surface area contributed by atoms with Crippen LogP contribution >= 0.6 is 11.3 Å². The Balaban J connectivity index is 1.99. The summed E-state index contributed by atoms with van der Waals surface area (Å²) in [4.78, 5) is 4.40. The summed E-state index contributed by atoms with van der Waals surface area (Å²) in [5.41, 5.74) is 2.08. The average Bonchev–Trinajstić information content (AvgIpc) is 3.04. The highest BCUT2D eigenvalue weighted by molar-refractivity contribution is 7.12. The molecule has 0 saturated carbocycles. The van der Waals surface area contributed by atoms with Gasteiger partial charge >= 0.3 is 6.18 Å². The predicted octanol–water partition coefficient (Wildman–Crippen LogP) is 4.63. The van der Waals surface area contributed by atoms with Gasteiger partial charge < -0.3 is 0 Å². The summed E-state index contributed by atoms with van der Waals surface area (Å²) in [6.45, 7) is 3.79. The number of rotatable bonds is 2. The molecule has 0 aliphatic rings. The molecule has 0 aliphatic carbocycles. The van der Waals surface area contributed by atoms with E-state index in [0.717, 1.165) is 23.5 Å². The van der Waals surface area contributed by atoms with Crippen molar-refractivity contribution in [2.24, 2.45) is 0 Å². The summed E-state index contributed by atoms with van der Waals surface area (Å²) in [7, 11) is 0. The fourth-order valence-electron chi connectivity index (χ4n) is 2.17. The molecule has 3 nitrogen and oxygen atoms in total. The van der Waals surface area contributed by atoms with E-state index in [1.165, 1.54) is 17.4 Å². The number of aromatic nitrogens is 3. The molecule has 1 aromatic carbocycles. The largest absolute Gasteiger partial charge is 0.416 e. The van der Waals surface area contributed by atoms with Gasteiger partial charge in [0.15, 0.2) is 0 Å². The molecule has 0 atom stereocenters. The quantitative estimate of drug-likeness (QED) is 0.688. The molecule has 0 radical (unpaired) electrons. The third-order valence-electron chi connectivity index (χ3n) is 3.17. The van der Waals surface area contributed by atoms with Crippen molar-refractivity contribution in [1.82, 2.24) is 14.8 Å². The van der Waals surface area contributed by atoms with Crippen LogP contribution in [0.4, 0.5) is 13.2 Å². The molecule has 0 fully saturated rings. The van der Waals surface area contributed by atoms with Crippen LogP contribution in [0, 0.1) is 13.8 Å². The van der Waals surface area contributed by atoms with Gasteiger partial charge in [0.25, 0.3) is 0 Å². The second-order valence-electron chi connectivity index (χ2n) is 4.93. The summed E-state index contributed by atoms with van der Waals surface area (Å²) in [5, 5.41) is 6.70. The highest BCUT2D eigenvalue weighted by Gasteiger charge is 2.30. The van der Waals surface area contributed by atoms with Crippen LogP contribution in [0.15, 0.2) is 35.7 Å². The molecular formula is C15H12F3N3S. The molecule has 3 rings (SSSR count). The zero-order valence-corrected chi connectivity index (χ0v) is 12.7. The van der Waals surface area contributed by atoms with E-state index < -0.39 is 11.7 Å². The molecule has 2 aromatic heterocycles. The van der Waals surface area contributed by atoms with Crippen LogP contribution in [0.3, 0.4) is 0 Å². The number of hydrogen-bond acceptors (Lipinski definition) is 3. The molecule has 3 aromatic rings. The van der Waals surface area contributed by atoms with Gasteiger partial charge in [-0.25, -0.2) is 9.67 Å². The van der Waals surface area contributed by atoms with E-state index in [2.05, 4.69) is 10.1 Å². The highest BCUT2D eigenvalue weighted by Crippen LogP contribution is 2.32. The number of benzene rings is 1. The van der Waals surface area contributed by atoms with Gasteiger partial charge in [-0.05, 0) is 32.0 Å². The van der Waals surface area contributed by atoms with Gasteiger partial charge in [0.05, 0.1) is 17.0 Å². The third kappa shape index (κ3) is 2.76. The Hall–Kier alpha value is -2.15. The van der Waals surface area contributed by atoms with Crippen molar-refractivity contribution in [3.8, 4) is 16.4 Å². The lowest BCUT2D eigenvalue weighted by Gasteiger charge is -2.07. The molecule has 0 saturated heterocycles.